The molecule has 1 aromatic rings. The number of nitrogens with two attached hydrogens (primary N) is 1. The van der Waals surface area contributed by atoms with Crippen molar-refractivity contribution in [1.29, 1.82) is 0 Å². The Morgan fingerprint density at radius 1 is 1.05 bits per heavy atom. The van der Waals surface area contributed by atoms with E-state index < -0.39 is 0 Å². The zero-order valence-corrected chi connectivity index (χ0v) is 12.4. The monoisotopic (exact) mass is 257 g/mol. The van der Waals surface area contributed by atoms with Gasteiger partial charge in [0.25, 0.3) is 0 Å². The molecule has 1 aliphatic carbocycles. The average molecular weight is 257 g/mol. The summed E-state index contributed by atoms with van der Waals surface area (Å²) in [5.74, 6) is 0. The maximum atomic E-state index is 5.21. The highest BCUT2D eigenvalue weighted by molar-refractivity contribution is 5.74. The molecule has 1 aromatic carbocycles. The van der Waals surface area contributed by atoms with E-state index in [4.69, 9.17) is 5.73 Å². The molecule has 19 heavy (non-hydrogen) atoms. The van der Waals surface area contributed by atoms with Crippen molar-refractivity contribution in [2.75, 3.05) is 6.54 Å². The van der Waals surface area contributed by atoms with E-state index in [9.17, 15) is 0 Å². The molecule has 0 aromatic heterocycles. The van der Waals surface area contributed by atoms with Gasteiger partial charge in [-0.15, -0.1) is 0 Å². The quantitative estimate of drug-likeness (QED) is 0.766. The van der Waals surface area contributed by atoms with Crippen molar-refractivity contribution in [1.82, 2.24) is 0 Å². The third-order valence-corrected chi connectivity index (χ3v) is 3.19. The minimum Gasteiger partial charge on any atom is -0.330 e. The Morgan fingerprint density at radius 3 is 2.26 bits per heavy atom. The number of allylic oxidation sites excluding steroid dienone is 4. The highest BCUT2D eigenvalue weighted by atomic mass is 14.5. The van der Waals surface area contributed by atoms with Crippen molar-refractivity contribution in [2.45, 2.75) is 46.0 Å². The second kappa shape index (κ2) is 9.57. The lowest BCUT2D eigenvalue weighted by atomic mass is 9.99. The van der Waals surface area contributed by atoms with Crippen LogP contribution in [0.1, 0.15) is 50.2 Å². The third-order valence-electron chi connectivity index (χ3n) is 3.19. The van der Waals surface area contributed by atoms with Crippen LogP contribution in [-0.4, -0.2) is 6.54 Å². The van der Waals surface area contributed by atoms with E-state index in [0.29, 0.717) is 0 Å². The Hall–Kier alpha value is -1.34. The van der Waals surface area contributed by atoms with Crippen LogP contribution in [-0.2, 0) is 0 Å². The molecule has 0 bridgehead atoms. The predicted molar refractivity (Wildman–Crippen MR) is 86.1 cm³/mol. The minimum absolute atomic E-state index is 0.855. The van der Waals surface area contributed by atoms with Crippen LogP contribution in [0.2, 0.25) is 0 Å². The summed E-state index contributed by atoms with van der Waals surface area (Å²) in [6.45, 7) is 5.15. The van der Waals surface area contributed by atoms with Gasteiger partial charge in [0.15, 0.2) is 0 Å². The van der Waals surface area contributed by atoms with Crippen LogP contribution in [0.15, 0.2) is 42.5 Å². The second-order valence-electron chi connectivity index (χ2n) is 5.00. The molecule has 1 aliphatic rings. The van der Waals surface area contributed by atoms with E-state index in [0.717, 1.165) is 6.54 Å². The zero-order valence-electron chi connectivity index (χ0n) is 12.4. The van der Waals surface area contributed by atoms with E-state index in [1.165, 1.54) is 48.8 Å². The fourth-order valence-corrected chi connectivity index (χ4v) is 1.97. The Balaban J connectivity index is 0.000000258. The number of aryl methyl sites for hydroxylation is 1. The van der Waals surface area contributed by atoms with Gasteiger partial charge in [0.1, 0.15) is 0 Å². The van der Waals surface area contributed by atoms with Gasteiger partial charge in [-0.3, -0.25) is 0 Å². The van der Waals surface area contributed by atoms with E-state index in [1.54, 1.807) is 0 Å². The summed E-state index contributed by atoms with van der Waals surface area (Å²) < 4.78 is 0. The Bertz CT molecular complexity index is 394. The summed E-state index contributed by atoms with van der Waals surface area (Å²) in [4.78, 5) is 0. The van der Waals surface area contributed by atoms with E-state index in [-0.39, 0.29) is 0 Å². The number of unbranched alkanes of at least 4 members (excludes halogenated alkanes) is 2. The normalized spacial score (nSPS) is 13.5. The highest BCUT2D eigenvalue weighted by Crippen LogP contribution is 2.21. The van der Waals surface area contributed by atoms with Gasteiger partial charge in [-0.1, -0.05) is 67.8 Å². The smallest absolute Gasteiger partial charge is 0.00773 e. The first kappa shape index (κ1) is 15.7. The molecule has 0 saturated heterocycles. The topological polar surface area (TPSA) is 26.0 Å². The standard InChI is InChI=1S/C13H14.C5H13N/c1-11-7-9-13(10-8-11)12-5-3-2-4-6-12;1-2-3-4-5-6/h3,5-10H,2,4H2,1H3;2-6H2,1H3. The van der Waals surface area contributed by atoms with Crippen LogP contribution >= 0.6 is 0 Å². The first-order valence-corrected chi connectivity index (χ1v) is 7.41. The maximum Gasteiger partial charge on any atom is -0.00773 e. The second-order valence-corrected chi connectivity index (χ2v) is 5.00. The van der Waals surface area contributed by atoms with Crippen LogP contribution in [0, 0.1) is 6.92 Å². The van der Waals surface area contributed by atoms with Crippen LogP contribution in [0.25, 0.3) is 5.57 Å². The Kier molecular flexibility index (Phi) is 7.92. The molecular formula is C18H27N. The molecule has 0 atom stereocenters. The van der Waals surface area contributed by atoms with Crippen molar-refractivity contribution < 1.29 is 0 Å². The van der Waals surface area contributed by atoms with Crippen molar-refractivity contribution in [3.8, 4) is 0 Å². The molecule has 0 spiro atoms. The molecule has 0 heterocycles. The van der Waals surface area contributed by atoms with Gasteiger partial charge in [0.05, 0.1) is 0 Å². The number of hydrogen-bond donors (Lipinski definition) is 1. The molecule has 2 N–H and O–H groups in total. The first-order valence-electron chi connectivity index (χ1n) is 7.41. The predicted octanol–water partition coefficient (Wildman–Crippen LogP) is 4.86. The molecule has 0 radical (unpaired) electrons. The summed E-state index contributed by atoms with van der Waals surface area (Å²) in [5.41, 5.74) is 9.24. The van der Waals surface area contributed by atoms with Gasteiger partial charge in [-0.25, -0.2) is 0 Å². The van der Waals surface area contributed by atoms with Gasteiger partial charge >= 0.3 is 0 Å². The SMILES string of the molecule is CCCCCN.Cc1ccc(C2=CCCC=C2)cc1. The molecule has 0 amide bonds. The van der Waals surface area contributed by atoms with Crippen LogP contribution < -0.4 is 5.73 Å². The van der Waals surface area contributed by atoms with Gasteiger partial charge in [0.2, 0.25) is 0 Å². The van der Waals surface area contributed by atoms with Gasteiger partial charge in [0, 0.05) is 0 Å². The molecule has 1 heteroatoms. The minimum atomic E-state index is 0.855. The number of hydrogen-bond acceptors (Lipinski definition) is 1. The highest BCUT2D eigenvalue weighted by Gasteiger charge is 1.99. The molecule has 0 saturated carbocycles. The molecule has 0 aliphatic heterocycles. The van der Waals surface area contributed by atoms with Crippen LogP contribution in [0.5, 0.6) is 0 Å². The molecule has 0 fully saturated rings. The largest absolute Gasteiger partial charge is 0.330 e. The summed E-state index contributed by atoms with van der Waals surface area (Å²) in [7, 11) is 0. The molecule has 104 valence electrons. The fraction of sp³-hybridized carbons (Fsp3) is 0.444. The van der Waals surface area contributed by atoms with E-state index >= 15 is 0 Å². The summed E-state index contributed by atoms with van der Waals surface area (Å²) in [6, 6.07) is 8.71. The van der Waals surface area contributed by atoms with Gasteiger partial charge < -0.3 is 5.73 Å². The van der Waals surface area contributed by atoms with Crippen molar-refractivity contribution in [3.05, 3.63) is 53.6 Å². The first-order chi connectivity index (χ1) is 9.27. The molecule has 1 nitrogen and oxygen atoms in total. The van der Waals surface area contributed by atoms with Crippen LogP contribution in [0.4, 0.5) is 0 Å². The van der Waals surface area contributed by atoms with Crippen molar-refractivity contribution >= 4 is 5.57 Å². The summed E-state index contributed by atoms with van der Waals surface area (Å²) in [6.07, 6.45) is 12.9. The molecular weight excluding hydrogens is 230 g/mol. The lowest BCUT2D eigenvalue weighted by molar-refractivity contribution is 0.727. The fourth-order valence-electron chi connectivity index (χ4n) is 1.97. The van der Waals surface area contributed by atoms with Gasteiger partial charge in [-0.2, -0.15) is 0 Å². The van der Waals surface area contributed by atoms with E-state index in [2.05, 4.69) is 56.3 Å². The number of rotatable bonds is 4. The molecule has 2 rings (SSSR count). The lowest BCUT2D eigenvalue weighted by Gasteiger charge is -2.06. The Morgan fingerprint density at radius 2 is 1.79 bits per heavy atom. The number of benzene rings is 1. The van der Waals surface area contributed by atoms with Crippen molar-refractivity contribution in [3.63, 3.8) is 0 Å². The lowest BCUT2D eigenvalue weighted by Crippen LogP contribution is -1.96. The Labute approximate surface area is 118 Å². The van der Waals surface area contributed by atoms with Crippen LogP contribution in [0.3, 0.4) is 0 Å². The van der Waals surface area contributed by atoms with E-state index in [1.807, 2.05) is 0 Å². The zero-order chi connectivity index (χ0) is 13.9. The third kappa shape index (κ3) is 6.40. The van der Waals surface area contributed by atoms with Gasteiger partial charge in [-0.05, 0) is 43.9 Å². The maximum absolute atomic E-state index is 5.21. The summed E-state index contributed by atoms with van der Waals surface area (Å²) >= 11 is 0. The average Bonchev–Trinajstić information content (AvgIpc) is 2.47. The summed E-state index contributed by atoms with van der Waals surface area (Å²) in [5, 5.41) is 0. The van der Waals surface area contributed by atoms with Crippen molar-refractivity contribution in [2.24, 2.45) is 5.73 Å². The molecule has 0 unspecified atom stereocenters.